The molecule has 2 rings (SSSR count). The normalized spacial score (nSPS) is 26.1. The van der Waals surface area contributed by atoms with E-state index in [1.165, 1.54) is 19.3 Å². The Morgan fingerprint density at radius 2 is 2.24 bits per heavy atom. The first-order chi connectivity index (χ1) is 8.09. The molecular weight excluding hydrogens is 237 g/mol. The molecule has 0 aliphatic heterocycles. The summed E-state index contributed by atoms with van der Waals surface area (Å²) in [7, 11) is 0. The van der Waals surface area contributed by atoms with Gasteiger partial charge in [0.15, 0.2) is 0 Å². The Morgan fingerprint density at radius 3 is 2.88 bits per heavy atom. The van der Waals surface area contributed by atoms with Crippen LogP contribution in [0.15, 0.2) is 18.2 Å². The molecule has 1 saturated carbocycles. The van der Waals surface area contributed by atoms with Crippen LogP contribution in [-0.2, 0) is 6.42 Å². The third-order valence-electron chi connectivity index (χ3n) is 3.96. The highest BCUT2D eigenvalue weighted by Gasteiger charge is 2.29. The molecule has 0 amide bonds. The highest BCUT2D eigenvalue weighted by molar-refractivity contribution is 6.30. The van der Waals surface area contributed by atoms with Crippen LogP contribution in [0.1, 0.15) is 31.7 Å². The van der Waals surface area contributed by atoms with E-state index >= 15 is 0 Å². The average molecular weight is 256 g/mol. The quantitative estimate of drug-likeness (QED) is 0.874. The van der Waals surface area contributed by atoms with Crippen molar-refractivity contribution < 1.29 is 4.39 Å². The average Bonchev–Trinajstić information content (AvgIpc) is 2.71. The first-order valence-corrected chi connectivity index (χ1v) is 6.66. The minimum atomic E-state index is -0.310. The van der Waals surface area contributed by atoms with Crippen molar-refractivity contribution in [3.8, 4) is 0 Å². The van der Waals surface area contributed by atoms with Crippen molar-refractivity contribution in [1.82, 2.24) is 0 Å². The Labute approximate surface area is 107 Å². The van der Waals surface area contributed by atoms with E-state index in [1.54, 1.807) is 18.2 Å². The van der Waals surface area contributed by atoms with Gasteiger partial charge in [-0.3, -0.25) is 0 Å². The Kier molecular flexibility index (Phi) is 4.05. The number of hydrogen-bond donors (Lipinski definition) is 1. The van der Waals surface area contributed by atoms with Crippen LogP contribution < -0.4 is 5.73 Å². The maximum atomic E-state index is 13.8. The molecule has 3 atom stereocenters. The zero-order chi connectivity index (χ0) is 12.4. The molecular formula is C14H19ClFN. The molecule has 1 aromatic carbocycles. The second kappa shape index (κ2) is 5.36. The largest absolute Gasteiger partial charge is 0.327 e. The van der Waals surface area contributed by atoms with E-state index in [2.05, 4.69) is 6.92 Å². The molecule has 94 valence electrons. The fourth-order valence-electron chi connectivity index (χ4n) is 2.92. The monoisotopic (exact) mass is 255 g/mol. The standard InChI is InChI=1S/C14H19ClFN/c1-9-4-2-6-11(9)13(17)8-10-5-3-7-12(15)14(10)16/h3,5,7,9,11,13H,2,4,6,8,17H2,1H3. The smallest absolute Gasteiger partial charge is 0.145 e. The van der Waals surface area contributed by atoms with Gasteiger partial charge in [0.25, 0.3) is 0 Å². The molecule has 3 unspecified atom stereocenters. The first kappa shape index (κ1) is 12.8. The van der Waals surface area contributed by atoms with Crippen molar-refractivity contribution in [3.05, 3.63) is 34.6 Å². The van der Waals surface area contributed by atoms with Gasteiger partial charge in [0, 0.05) is 6.04 Å². The van der Waals surface area contributed by atoms with Crippen LogP contribution in [0.5, 0.6) is 0 Å². The van der Waals surface area contributed by atoms with Crippen molar-refractivity contribution in [3.63, 3.8) is 0 Å². The number of benzene rings is 1. The SMILES string of the molecule is CC1CCCC1C(N)Cc1cccc(Cl)c1F. The van der Waals surface area contributed by atoms with Gasteiger partial charge in [-0.25, -0.2) is 4.39 Å². The number of halogens is 2. The molecule has 0 heterocycles. The van der Waals surface area contributed by atoms with Gasteiger partial charge in [0.05, 0.1) is 5.02 Å². The second-order valence-electron chi connectivity index (χ2n) is 5.15. The van der Waals surface area contributed by atoms with Gasteiger partial charge in [0.1, 0.15) is 5.82 Å². The molecule has 0 aromatic heterocycles. The molecule has 1 fully saturated rings. The van der Waals surface area contributed by atoms with Crippen LogP contribution in [0.4, 0.5) is 4.39 Å². The van der Waals surface area contributed by atoms with E-state index in [-0.39, 0.29) is 16.9 Å². The summed E-state index contributed by atoms with van der Waals surface area (Å²) in [6, 6.07) is 5.18. The van der Waals surface area contributed by atoms with E-state index in [4.69, 9.17) is 17.3 Å². The Balaban J connectivity index is 2.07. The molecule has 1 aromatic rings. The third kappa shape index (κ3) is 2.80. The molecule has 0 spiro atoms. The highest BCUT2D eigenvalue weighted by Crippen LogP contribution is 2.34. The Hall–Kier alpha value is -0.600. The van der Waals surface area contributed by atoms with E-state index in [0.717, 1.165) is 0 Å². The molecule has 17 heavy (non-hydrogen) atoms. The summed E-state index contributed by atoms with van der Waals surface area (Å²) < 4.78 is 13.8. The van der Waals surface area contributed by atoms with Crippen molar-refractivity contribution in [2.24, 2.45) is 17.6 Å². The zero-order valence-electron chi connectivity index (χ0n) is 10.1. The van der Waals surface area contributed by atoms with Crippen molar-refractivity contribution >= 4 is 11.6 Å². The fourth-order valence-corrected chi connectivity index (χ4v) is 3.12. The topological polar surface area (TPSA) is 26.0 Å². The van der Waals surface area contributed by atoms with Crippen LogP contribution in [0.25, 0.3) is 0 Å². The van der Waals surface area contributed by atoms with Crippen LogP contribution >= 0.6 is 11.6 Å². The molecule has 1 nitrogen and oxygen atoms in total. The van der Waals surface area contributed by atoms with Crippen molar-refractivity contribution in [1.29, 1.82) is 0 Å². The van der Waals surface area contributed by atoms with Crippen molar-refractivity contribution in [2.45, 2.75) is 38.6 Å². The van der Waals surface area contributed by atoms with Gasteiger partial charge in [0.2, 0.25) is 0 Å². The van der Waals surface area contributed by atoms with E-state index in [9.17, 15) is 4.39 Å². The van der Waals surface area contributed by atoms with Gasteiger partial charge in [-0.05, 0) is 36.3 Å². The summed E-state index contributed by atoms with van der Waals surface area (Å²) >= 11 is 5.77. The van der Waals surface area contributed by atoms with E-state index in [1.807, 2.05) is 0 Å². The highest BCUT2D eigenvalue weighted by atomic mass is 35.5. The second-order valence-corrected chi connectivity index (χ2v) is 5.56. The summed E-state index contributed by atoms with van der Waals surface area (Å²) in [4.78, 5) is 0. The van der Waals surface area contributed by atoms with Gasteiger partial charge in [-0.15, -0.1) is 0 Å². The summed E-state index contributed by atoms with van der Waals surface area (Å²) in [5.41, 5.74) is 6.85. The number of hydrogen-bond acceptors (Lipinski definition) is 1. The maximum absolute atomic E-state index is 13.8. The lowest BCUT2D eigenvalue weighted by atomic mass is 9.87. The molecule has 0 bridgehead atoms. The maximum Gasteiger partial charge on any atom is 0.145 e. The predicted octanol–water partition coefficient (Wildman–Crippen LogP) is 3.79. The van der Waals surface area contributed by atoms with Crippen molar-refractivity contribution in [2.75, 3.05) is 0 Å². The summed E-state index contributed by atoms with van der Waals surface area (Å²) in [5, 5.41) is 0.189. The van der Waals surface area contributed by atoms with Crippen LogP contribution in [0.2, 0.25) is 5.02 Å². The van der Waals surface area contributed by atoms with Crippen LogP contribution in [0, 0.1) is 17.7 Å². The number of nitrogens with two attached hydrogens (primary N) is 1. The van der Waals surface area contributed by atoms with Crippen LogP contribution in [0.3, 0.4) is 0 Å². The summed E-state index contributed by atoms with van der Waals surface area (Å²) in [5.74, 6) is 0.871. The van der Waals surface area contributed by atoms with E-state index in [0.29, 0.717) is 23.8 Å². The zero-order valence-corrected chi connectivity index (χ0v) is 10.9. The predicted molar refractivity (Wildman–Crippen MR) is 69.6 cm³/mol. The fraction of sp³-hybridized carbons (Fsp3) is 0.571. The lowest BCUT2D eigenvalue weighted by molar-refractivity contribution is 0.341. The minimum Gasteiger partial charge on any atom is -0.327 e. The van der Waals surface area contributed by atoms with Gasteiger partial charge < -0.3 is 5.73 Å². The van der Waals surface area contributed by atoms with Gasteiger partial charge >= 0.3 is 0 Å². The van der Waals surface area contributed by atoms with Gasteiger partial charge in [-0.2, -0.15) is 0 Å². The third-order valence-corrected chi connectivity index (χ3v) is 4.26. The number of rotatable bonds is 3. The molecule has 0 saturated heterocycles. The molecule has 2 N–H and O–H groups in total. The minimum absolute atomic E-state index is 0.0421. The van der Waals surface area contributed by atoms with Gasteiger partial charge in [-0.1, -0.05) is 43.5 Å². The first-order valence-electron chi connectivity index (χ1n) is 6.28. The molecule has 0 radical (unpaired) electrons. The summed E-state index contributed by atoms with van der Waals surface area (Å²) in [6.07, 6.45) is 4.25. The summed E-state index contributed by atoms with van der Waals surface area (Å²) in [6.45, 7) is 2.24. The Bertz CT molecular complexity index is 394. The van der Waals surface area contributed by atoms with E-state index < -0.39 is 0 Å². The van der Waals surface area contributed by atoms with Crippen LogP contribution in [-0.4, -0.2) is 6.04 Å². The lowest BCUT2D eigenvalue weighted by Gasteiger charge is -2.23. The molecule has 1 aliphatic rings. The molecule has 3 heteroatoms. The lowest BCUT2D eigenvalue weighted by Crippen LogP contribution is -2.34. The Morgan fingerprint density at radius 1 is 1.47 bits per heavy atom. The molecule has 1 aliphatic carbocycles.